The zero-order valence-corrected chi connectivity index (χ0v) is 10.3. The maximum Gasteiger partial charge on any atom is 0.142 e. The summed E-state index contributed by atoms with van der Waals surface area (Å²) >= 11 is 17.1. The van der Waals surface area contributed by atoms with Crippen molar-refractivity contribution in [3.8, 4) is 0 Å². The van der Waals surface area contributed by atoms with Crippen molar-refractivity contribution in [2.45, 2.75) is 12.8 Å². The Morgan fingerprint density at radius 1 is 1.13 bits per heavy atom. The monoisotopic (exact) mass is 262 g/mol. The number of hydrogen-bond donors (Lipinski definition) is 0. The van der Waals surface area contributed by atoms with Gasteiger partial charge in [0.1, 0.15) is 10.3 Å². The molecule has 1 nitrogen and oxygen atoms in total. The Balaban J connectivity index is 3.16. The smallest absolute Gasteiger partial charge is 0.142 e. The number of carbonyl (C=O) groups excluding carboxylic acids is 1. The second-order valence-corrected chi connectivity index (χ2v) is 4.42. The van der Waals surface area contributed by atoms with Crippen LogP contribution in [0.2, 0.25) is 0 Å². The molecule has 1 aromatic rings. The predicted octanol–water partition coefficient (Wildman–Crippen LogP) is 4.24. The number of halogens is 3. The third-order valence-electron chi connectivity index (χ3n) is 1.97. The topological polar surface area (TPSA) is 17.1 Å². The second-order valence-electron chi connectivity index (χ2n) is 3.06. The molecule has 0 aliphatic carbocycles. The number of benzene rings is 1. The van der Waals surface area contributed by atoms with Gasteiger partial charge >= 0.3 is 0 Å². The van der Waals surface area contributed by atoms with Crippen LogP contribution in [0.25, 0.3) is 0 Å². The van der Waals surface area contributed by atoms with Crippen LogP contribution in [0.5, 0.6) is 0 Å². The highest BCUT2D eigenvalue weighted by Crippen LogP contribution is 2.33. The minimum absolute atomic E-state index is 0.0688. The average molecular weight is 264 g/mol. The summed E-state index contributed by atoms with van der Waals surface area (Å²) in [6.07, 6.45) is 0. The van der Waals surface area contributed by atoms with E-state index >= 15 is 0 Å². The zero-order chi connectivity index (χ0) is 11.4. The highest BCUT2D eigenvalue weighted by atomic mass is 35.5. The van der Waals surface area contributed by atoms with Gasteiger partial charge in [-0.05, 0) is 12.5 Å². The van der Waals surface area contributed by atoms with E-state index in [1.165, 1.54) is 6.92 Å². The molecule has 0 amide bonds. The van der Waals surface area contributed by atoms with Gasteiger partial charge in [-0.3, -0.25) is 4.79 Å². The van der Waals surface area contributed by atoms with E-state index in [1.54, 1.807) is 0 Å². The summed E-state index contributed by atoms with van der Waals surface area (Å²) in [6, 6.07) is 9.14. The van der Waals surface area contributed by atoms with Crippen LogP contribution in [0.4, 0.5) is 0 Å². The maximum absolute atomic E-state index is 11.5. The number of rotatable bonds is 3. The van der Waals surface area contributed by atoms with Crippen molar-refractivity contribution >= 4 is 40.6 Å². The molecule has 4 heteroatoms. The van der Waals surface area contributed by atoms with Crippen LogP contribution in [-0.4, -0.2) is 5.78 Å². The SMILES string of the molecule is CC(=O)C(C(Cl)=C(Cl)Cl)c1ccccc1. The average Bonchev–Trinajstić information content (AvgIpc) is 2.18. The summed E-state index contributed by atoms with van der Waals surface area (Å²) in [7, 11) is 0. The van der Waals surface area contributed by atoms with E-state index in [0.29, 0.717) is 0 Å². The van der Waals surface area contributed by atoms with Crippen LogP contribution in [-0.2, 0) is 4.79 Å². The lowest BCUT2D eigenvalue weighted by atomic mass is 9.95. The fraction of sp³-hybridized carbons (Fsp3) is 0.182. The van der Waals surface area contributed by atoms with Gasteiger partial charge in [0.15, 0.2) is 0 Å². The molecule has 0 saturated heterocycles. The molecule has 15 heavy (non-hydrogen) atoms. The van der Waals surface area contributed by atoms with Gasteiger partial charge in [-0.25, -0.2) is 0 Å². The summed E-state index contributed by atoms with van der Waals surface area (Å²) in [6.45, 7) is 1.46. The second kappa shape index (κ2) is 5.55. The van der Waals surface area contributed by atoms with E-state index in [9.17, 15) is 4.79 Å². The number of carbonyl (C=O) groups is 1. The molecule has 1 aromatic carbocycles. The first-order chi connectivity index (χ1) is 7.04. The lowest BCUT2D eigenvalue weighted by Gasteiger charge is -2.13. The standard InChI is InChI=1S/C11H9Cl3O/c1-7(15)9(10(12)11(13)14)8-5-3-2-4-6-8/h2-6,9H,1H3. The quantitative estimate of drug-likeness (QED) is 0.797. The van der Waals surface area contributed by atoms with Crippen molar-refractivity contribution in [3.63, 3.8) is 0 Å². The molecule has 1 unspecified atom stereocenters. The van der Waals surface area contributed by atoms with E-state index in [1.807, 2.05) is 30.3 Å². The number of allylic oxidation sites excluding steroid dienone is 1. The van der Waals surface area contributed by atoms with Gasteiger partial charge in [-0.2, -0.15) is 0 Å². The van der Waals surface area contributed by atoms with Gasteiger partial charge in [0.05, 0.1) is 11.0 Å². The summed E-state index contributed by atoms with van der Waals surface area (Å²) in [5, 5.41) is 0.164. The summed E-state index contributed by atoms with van der Waals surface area (Å²) < 4.78 is -0.0688. The van der Waals surface area contributed by atoms with Crippen LogP contribution in [0.15, 0.2) is 39.9 Å². The van der Waals surface area contributed by atoms with Gasteiger partial charge in [-0.1, -0.05) is 65.1 Å². The molecule has 80 valence electrons. The third-order valence-corrected chi connectivity index (χ3v) is 2.98. The number of hydrogen-bond acceptors (Lipinski definition) is 1. The fourth-order valence-electron chi connectivity index (χ4n) is 1.31. The fourth-order valence-corrected chi connectivity index (χ4v) is 1.81. The molecule has 0 saturated carbocycles. The Morgan fingerprint density at radius 2 is 1.67 bits per heavy atom. The van der Waals surface area contributed by atoms with Gasteiger partial charge in [0.2, 0.25) is 0 Å². The Labute approximate surface area is 104 Å². The molecule has 0 spiro atoms. The lowest BCUT2D eigenvalue weighted by molar-refractivity contribution is -0.117. The van der Waals surface area contributed by atoms with Crippen LogP contribution in [0.3, 0.4) is 0 Å². The summed E-state index contributed by atoms with van der Waals surface area (Å²) in [5.41, 5.74) is 0.786. The normalized spacial score (nSPS) is 12.0. The predicted molar refractivity (Wildman–Crippen MR) is 64.4 cm³/mol. The highest BCUT2D eigenvalue weighted by Gasteiger charge is 2.22. The molecular formula is C11H9Cl3O. The molecule has 0 heterocycles. The first-order valence-electron chi connectivity index (χ1n) is 4.30. The Morgan fingerprint density at radius 3 is 2.07 bits per heavy atom. The third kappa shape index (κ3) is 3.23. The molecule has 0 aliphatic rings. The van der Waals surface area contributed by atoms with Crippen LogP contribution in [0, 0.1) is 0 Å². The number of Topliss-reactive ketones (excluding diaryl/α,β-unsaturated/α-hetero) is 1. The van der Waals surface area contributed by atoms with Gasteiger partial charge in [0.25, 0.3) is 0 Å². The Bertz CT molecular complexity index is 380. The minimum atomic E-state index is -0.571. The van der Waals surface area contributed by atoms with Crippen LogP contribution in [0.1, 0.15) is 18.4 Å². The molecule has 0 fully saturated rings. The largest absolute Gasteiger partial charge is 0.299 e. The molecule has 0 bridgehead atoms. The summed E-state index contributed by atoms with van der Waals surface area (Å²) in [5.74, 6) is -0.664. The maximum atomic E-state index is 11.5. The number of ketones is 1. The van der Waals surface area contributed by atoms with Crippen LogP contribution >= 0.6 is 34.8 Å². The molecule has 0 aliphatic heterocycles. The van der Waals surface area contributed by atoms with Gasteiger partial charge in [-0.15, -0.1) is 0 Å². The molecular weight excluding hydrogens is 254 g/mol. The minimum Gasteiger partial charge on any atom is -0.299 e. The lowest BCUT2D eigenvalue weighted by Crippen LogP contribution is -2.09. The van der Waals surface area contributed by atoms with Crippen molar-refractivity contribution in [2.24, 2.45) is 0 Å². The van der Waals surface area contributed by atoms with Crippen LogP contribution < -0.4 is 0 Å². The summed E-state index contributed by atoms with van der Waals surface area (Å²) in [4.78, 5) is 11.5. The van der Waals surface area contributed by atoms with Gasteiger partial charge < -0.3 is 0 Å². The highest BCUT2D eigenvalue weighted by molar-refractivity contribution is 6.59. The Kier molecular flexibility index (Phi) is 4.65. The Hall–Kier alpha value is -0.500. The first kappa shape index (κ1) is 12.6. The molecule has 0 radical (unpaired) electrons. The first-order valence-corrected chi connectivity index (χ1v) is 5.43. The van der Waals surface area contributed by atoms with Gasteiger partial charge in [0, 0.05) is 0 Å². The van der Waals surface area contributed by atoms with E-state index in [4.69, 9.17) is 34.8 Å². The molecule has 0 N–H and O–H groups in total. The van der Waals surface area contributed by atoms with E-state index in [-0.39, 0.29) is 15.3 Å². The zero-order valence-electron chi connectivity index (χ0n) is 8.01. The molecule has 1 atom stereocenters. The van der Waals surface area contributed by atoms with Crippen molar-refractivity contribution in [3.05, 3.63) is 45.4 Å². The molecule has 1 rings (SSSR count). The van der Waals surface area contributed by atoms with Crippen molar-refractivity contribution in [2.75, 3.05) is 0 Å². The van der Waals surface area contributed by atoms with Crippen molar-refractivity contribution in [1.29, 1.82) is 0 Å². The van der Waals surface area contributed by atoms with Crippen molar-refractivity contribution in [1.82, 2.24) is 0 Å². The van der Waals surface area contributed by atoms with E-state index < -0.39 is 5.92 Å². The molecule has 0 aromatic heterocycles. The van der Waals surface area contributed by atoms with Crippen molar-refractivity contribution < 1.29 is 4.79 Å². The van der Waals surface area contributed by atoms with E-state index in [2.05, 4.69) is 0 Å². The van der Waals surface area contributed by atoms with E-state index in [0.717, 1.165) is 5.56 Å².